The van der Waals surface area contributed by atoms with E-state index in [1.807, 2.05) is 12.1 Å². The van der Waals surface area contributed by atoms with Crippen LogP contribution in [-0.4, -0.2) is 20.1 Å². The van der Waals surface area contributed by atoms with Crippen molar-refractivity contribution < 1.29 is 14.3 Å². The molecular formula is C15H14BrNO3. The van der Waals surface area contributed by atoms with Crippen LogP contribution in [0.3, 0.4) is 0 Å². The van der Waals surface area contributed by atoms with Crippen LogP contribution in [0, 0.1) is 0 Å². The first-order valence-corrected chi connectivity index (χ1v) is 6.73. The van der Waals surface area contributed by atoms with Crippen molar-refractivity contribution in [2.24, 2.45) is 0 Å². The second kappa shape index (κ2) is 6.43. The number of nitrogens with one attached hydrogen (secondary N) is 1. The van der Waals surface area contributed by atoms with E-state index < -0.39 is 0 Å². The fraction of sp³-hybridized carbons (Fsp3) is 0.133. The monoisotopic (exact) mass is 335 g/mol. The largest absolute Gasteiger partial charge is 0.496 e. The fourth-order valence-electron chi connectivity index (χ4n) is 1.80. The molecule has 0 atom stereocenters. The number of carbonyl (C=O) groups excluding carboxylic acids is 1. The molecular weight excluding hydrogens is 322 g/mol. The van der Waals surface area contributed by atoms with Crippen LogP contribution in [-0.2, 0) is 0 Å². The first-order chi connectivity index (χ1) is 9.65. The Labute approximate surface area is 125 Å². The number of halogens is 1. The van der Waals surface area contributed by atoms with Crippen LogP contribution in [0.1, 0.15) is 10.4 Å². The van der Waals surface area contributed by atoms with Gasteiger partial charge < -0.3 is 14.8 Å². The van der Waals surface area contributed by atoms with Gasteiger partial charge in [0.2, 0.25) is 0 Å². The maximum Gasteiger partial charge on any atom is 0.259 e. The fourth-order valence-corrected chi connectivity index (χ4v) is 2.16. The number of rotatable bonds is 4. The predicted molar refractivity (Wildman–Crippen MR) is 81.6 cm³/mol. The van der Waals surface area contributed by atoms with E-state index in [-0.39, 0.29) is 5.91 Å². The van der Waals surface area contributed by atoms with Gasteiger partial charge in [-0.05, 0) is 30.3 Å². The number of hydrogen-bond donors (Lipinski definition) is 1. The molecule has 2 aromatic carbocycles. The van der Waals surface area contributed by atoms with Gasteiger partial charge in [0.05, 0.1) is 25.5 Å². The molecule has 1 amide bonds. The summed E-state index contributed by atoms with van der Waals surface area (Å²) in [4.78, 5) is 12.3. The Hall–Kier alpha value is -2.01. The lowest BCUT2D eigenvalue weighted by Gasteiger charge is -2.12. The van der Waals surface area contributed by atoms with E-state index in [4.69, 9.17) is 9.47 Å². The molecule has 104 valence electrons. The van der Waals surface area contributed by atoms with Gasteiger partial charge in [-0.3, -0.25) is 4.79 Å². The minimum absolute atomic E-state index is 0.251. The number of para-hydroxylation sites is 1. The lowest BCUT2D eigenvalue weighted by atomic mass is 10.2. The zero-order chi connectivity index (χ0) is 14.5. The summed E-state index contributed by atoms with van der Waals surface area (Å²) < 4.78 is 11.3. The van der Waals surface area contributed by atoms with Crippen molar-refractivity contribution in [1.82, 2.24) is 0 Å². The third kappa shape index (κ3) is 3.11. The number of carbonyl (C=O) groups is 1. The predicted octanol–water partition coefficient (Wildman–Crippen LogP) is 3.72. The summed E-state index contributed by atoms with van der Waals surface area (Å²) in [5, 5.41) is 2.82. The minimum Gasteiger partial charge on any atom is -0.496 e. The molecule has 0 spiro atoms. The molecule has 0 saturated carbocycles. The van der Waals surface area contributed by atoms with Crippen LogP contribution >= 0.6 is 15.9 Å². The highest BCUT2D eigenvalue weighted by atomic mass is 79.9. The maximum absolute atomic E-state index is 12.3. The molecule has 0 bridgehead atoms. The van der Waals surface area contributed by atoms with Crippen LogP contribution in [0.15, 0.2) is 46.9 Å². The second-order valence-electron chi connectivity index (χ2n) is 4.00. The van der Waals surface area contributed by atoms with Crippen molar-refractivity contribution >= 4 is 27.5 Å². The molecule has 5 heteroatoms. The number of amides is 1. The normalized spacial score (nSPS) is 9.95. The second-order valence-corrected chi connectivity index (χ2v) is 4.91. The average Bonchev–Trinajstić information content (AvgIpc) is 2.47. The standard InChI is InChI=1S/C15H14BrNO3/c1-19-13-6-4-3-5-11(13)15(18)17-12-9-10(16)7-8-14(12)20-2/h3-9H,1-2H3,(H,17,18). The topological polar surface area (TPSA) is 47.6 Å². The Kier molecular flexibility index (Phi) is 4.63. The Morgan fingerprint density at radius 3 is 2.45 bits per heavy atom. The minimum atomic E-state index is -0.251. The lowest BCUT2D eigenvalue weighted by Crippen LogP contribution is -2.13. The van der Waals surface area contributed by atoms with Gasteiger partial charge in [-0.2, -0.15) is 0 Å². The Balaban J connectivity index is 2.30. The van der Waals surface area contributed by atoms with Crippen molar-refractivity contribution in [3.63, 3.8) is 0 Å². The van der Waals surface area contributed by atoms with Crippen LogP contribution in [0.5, 0.6) is 11.5 Å². The molecule has 0 saturated heterocycles. The Morgan fingerprint density at radius 1 is 1.05 bits per heavy atom. The van der Waals surface area contributed by atoms with Crippen molar-refractivity contribution in [1.29, 1.82) is 0 Å². The number of ether oxygens (including phenoxy) is 2. The zero-order valence-electron chi connectivity index (χ0n) is 11.1. The van der Waals surface area contributed by atoms with Crippen LogP contribution in [0.2, 0.25) is 0 Å². The van der Waals surface area contributed by atoms with Crippen LogP contribution < -0.4 is 14.8 Å². The Morgan fingerprint density at radius 2 is 1.75 bits per heavy atom. The number of benzene rings is 2. The zero-order valence-corrected chi connectivity index (χ0v) is 12.7. The number of hydrogen-bond acceptors (Lipinski definition) is 3. The molecule has 2 rings (SSSR count). The summed E-state index contributed by atoms with van der Waals surface area (Å²) in [5.41, 5.74) is 1.06. The smallest absolute Gasteiger partial charge is 0.259 e. The van der Waals surface area contributed by atoms with Crippen LogP contribution in [0.4, 0.5) is 5.69 Å². The third-order valence-corrected chi connectivity index (χ3v) is 3.25. The van der Waals surface area contributed by atoms with Gasteiger partial charge in [-0.25, -0.2) is 0 Å². The highest BCUT2D eigenvalue weighted by Crippen LogP contribution is 2.29. The molecule has 0 aromatic heterocycles. The lowest BCUT2D eigenvalue weighted by molar-refractivity contribution is 0.102. The summed E-state index contributed by atoms with van der Waals surface area (Å²) >= 11 is 3.37. The number of methoxy groups -OCH3 is 2. The van der Waals surface area contributed by atoms with Crippen LogP contribution in [0.25, 0.3) is 0 Å². The molecule has 1 N–H and O–H groups in total. The first kappa shape index (κ1) is 14.4. The van der Waals surface area contributed by atoms with Gasteiger partial charge in [0, 0.05) is 4.47 Å². The molecule has 4 nitrogen and oxygen atoms in total. The first-order valence-electron chi connectivity index (χ1n) is 5.93. The Bertz CT molecular complexity index is 628. The molecule has 0 heterocycles. The summed E-state index contributed by atoms with van der Waals surface area (Å²) in [6.07, 6.45) is 0. The van der Waals surface area contributed by atoms with Gasteiger partial charge in [0.15, 0.2) is 0 Å². The van der Waals surface area contributed by atoms with Gasteiger partial charge in [-0.15, -0.1) is 0 Å². The molecule has 0 radical (unpaired) electrons. The van der Waals surface area contributed by atoms with E-state index in [0.29, 0.717) is 22.7 Å². The molecule has 0 aliphatic heterocycles. The molecule has 0 aliphatic rings. The van der Waals surface area contributed by atoms with E-state index >= 15 is 0 Å². The maximum atomic E-state index is 12.3. The van der Waals surface area contributed by atoms with Crippen molar-refractivity contribution in [3.8, 4) is 11.5 Å². The highest BCUT2D eigenvalue weighted by molar-refractivity contribution is 9.10. The molecule has 0 unspecified atom stereocenters. The van der Waals surface area contributed by atoms with E-state index in [1.165, 1.54) is 7.11 Å². The molecule has 0 fully saturated rings. The van der Waals surface area contributed by atoms with Gasteiger partial charge in [0.1, 0.15) is 11.5 Å². The highest BCUT2D eigenvalue weighted by Gasteiger charge is 2.14. The van der Waals surface area contributed by atoms with Crippen molar-refractivity contribution in [3.05, 3.63) is 52.5 Å². The van der Waals surface area contributed by atoms with Crippen molar-refractivity contribution in [2.75, 3.05) is 19.5 Å². The molecule has 0 aliphatic carbocycles. The van der Waals surface area contributed by atoms with E-state index in [9.17, 15) is 4.79 Å². The van der Waals surface area contributed by atoms with E-state index in [0.717, 1.165) is 4.47 Å². The summed E-state index contributed by atoms with van der Waals surface area (Å²) in [6, 6.07) is 12.5. The third-order valence-electron chi connectivity index (χ3n) is 2.76. The summed E-state index contributed by atoms with van der Waals surface area (Å²) in [5.74, 6) is 0.870. The van der Waals surface area contributed by atoms with Gasteiger partial charge >= 0.3 is 0 Å². The summed E-state index contributed by atoms with van der Waals surface area (Å²) in [6.45, 7) is 0. The van der Waals surface area contributed by atoms with Gasteiger partial charge in [-0.1, -0.05) is 28.1 Å². The molecule has 2 aromatic rings. The number of anilines is 1. The quantitative estimate of drug-likeness (QED) is 0.926. The van der Waals surface area contributed by atoms with E-state index in [2.05, 4.69) is 21.2 Å². The SMILES string of the molecule is COc1ccc(Br)cc1NC(=O)c1ccccc1OC. The van der Waals surface area contributed by atoms with E-state index in [1.54, 1.807) is 37.4 Å². The molecule has 20 heavy (non-hydrogen) atoms. The van der Waals surface area contributed by atoms with Gasteiger partial charge in [0.25, 0.3) is 5.91 Å². The average molecular weight is 336 g/mol. The summed E-state index contributed by atoms with van der Waals surface area (Å²) in [7, 11) is 3.09. The van der Waals surface area contributed by atoms with Crippen molar-refractivity contribution in [2.45, 2.75) is 0 Å².